The van der Waals surface area contributed by atoms with Crippen molar-refractivity contribution in [3.63, 3.8) is 0 Å². The van der Waals surface area contributed by atoms with Crippen molar-refractivity contribution in [2.24, 2.45) is 0 Å². The molecule has 0 spiro atoms. The molecule has 2 heterocycles. The largest absolute Gasteiger partial charge is 0.393 e. The van der Waals surface area contributed by atoms with Gasteiger partial charge in [-0.15, -0.1) is 0 Å². The van der Waals surface area contributed by atoms with E-state index in [0.717, 1.165) is 48.6 Å². The van der Waals surface area contributed by atoms with Gasteiger partial charge in [-0.25, -0.2) is 4.98 Å². The molecule has 1 aromatic rings. The first-order valence-electron chi connectivity index (χ1n) is 6.13. The Balaban J connectivity index is 2.30. The van der Waals surface area contributed by atoms with Crippen LogP contribution in [0.5, 0.6) is 0 Å². The van der Waals surface area contributed by atoms with E-state index in [4.69, 9.17) is 0 Å². The summed E-state index contributed by atoms with van der Waals surface area (Å²) in [6, 6.07) is 1.99. The van der Waals surface area contributed by atoms with Crippen LogP contribution in [0.2, 0.25) is 0 Å². The summed E-state index contributed by atoms with van der Waals surface area (Å²) in [6.45, 7) is 5.61. The van der Waals surface area contributed by atoms with E-state index in [2.05, 4.69) is 9.88 Å². The number of anilines is 1. The maximum Gasteiger partial charge on any atom is 0.134 e. The molecule has 2 N–H and O–H groups in total. The molecule has 94 valence electrons. The lowest BCUT2D eigenvalue weighted by Gasteiger charge is -2.32. The molecule has 0 aliphatic carbocycles. The Morgan fingerprint density at radius 3 is 2.59 bits per heavy atom. The molecule has 0 saturated carbocycles. The number of aromatic nitrogens is 1. The highest BCUT2D eigenvalue weighted by Gasteiger charge is 2.21. The molecule has 4 heteroatoms. The Hall–Kier alpha value is -1.13. The van der Waals surface area contributed by atoms with E-state index in [-0.39, 0.29) is 12.7 Å². The number of rotatable bonds is 2. The molecule has 0 amide bonds. The number of aliphatic hydroxyl groups is 2. The van der Waals surface area contributed by atoms with Crippen LogP contribution in [-0.4, -0.2) is 34.4 Å². The molecule has 2 rings (SSSR count). The maximum atomic E-state index is 9.51. The fourth-order valence-electron chi connectivity index (χ4n) is 2.38. The SMILES string of the molecule is Cc1cc(C)c(CO)c(N2CCC(O)CC2)n1. The van der Waals surface area contributed by atoms with Gasteiger partial charge in [-0.1, -0.05) is 0 Å². The highest BCUT2D eigenvalue weighted by molar-refractivity contribution is 5.51. The van der Waals surface area contributed by atoms with Crippen LogP contribution in [0.15, 0.2) is 6.07 Å². The van der Waals surface area contributed by atoms with E-state index in [1.807, 2.05) is 19.9 Å². The lowest BCUT2D eigenvalue weighted by atomic mass is 10.1. The molecule has 1 saturated heterocycles. The third-order valence-electron chi connectivity index (χ3n) is 3.38. The first-order valence-corrected chi connectivity index (χ1v) is 6.13. The number of hydrogen-bond donors (Lipinski definition) is 2. The molecule has 0 aromatic carbocycles. The zero-order chi connectivity index (χ0) is 12.4. The van der Waals surface area contributed by atoms with Crippen molar-refractivity contribution in [1.82, 2.24) is 4.98 Å². The fourth-order valence-corrected chi connectivity index (χ4v) is 2.38. The maximum absolute atomic E-state index is 9.51. The molecular formula is C13H20N2O2. The van der Waals surface area contributed by atoms with Crippen molar-refractivity contribution in [3.05, 3.63) is 22.9 Å². The predicted molar refractivity (Wildman–Crippen MR) is 67.1 cm³/mol. The first-order chi connectivity index (χ1) is 8.11. The third-order valence-corrected chi connectivity index (χ3v) is 3.38. The lowest BCUT2D eigenvalue weighted by Crippen LogP contribution is -2.37. The normalized spacial score (nSPS) is 17.5. The molecule has 1 aliphatic heterocycles. The van der Waals surface area contributed by atoms with Crippen molar-refractivity contribution in [3.8, 4) is 0 Å². The third kappa shape index (κ3) is 2.58. The number of aryl methyl sites for hydroxylation is 2. The fraction of sp³-hybridized carbons (Fsp3) is 0.615. The summed E-state index contributed by atoms with van der Waals surface area (Å²) in [6.07, 6.45) is 1.37. The molecule has 0 unspecified atom stereocenters. The van der Waals surface area contributed by atoms with Crippen LogP contribution in [-0.2, 0) is 6.61 Å². The van der Waals surface area contributed by atoms with E-state index >= 15 is 0 Å². The minimum absolute atomic E-state index is 0.0213. The topological polar surface area (TPSA) is 56.6 Å². The number of nitrogens with zero attached hydrogens (tertiary/aromatic N) is 2. The average molecular weight is 236 g/mol. The Morgan fingerprint density at radius 1 is 1.35 bits per heavy atom. The first kappa shape index (κ1) is 12.3. The van der Waals surface area contributed by atoms with Gasteiger partial charge in [0.1, 0.15) is 5.82 Å². The van der Waals surface area contributed by atoms with E-state index in [1.165, 1.54) is 0 Å². The molecular weight excluding hydrogens is 216 g/mol. The second kappa shape index (κ2) is 5.02. The number of pyridine rings is 1. The monoisotopic (exact) mass is 236 g/mol. The summed E-state index contributed by atoms with van der Waals surface area (Å²) in [5.41, 5.74) is 2.97. The summed E-state index contributed by atoms with van der Waals surface area (Å²) < 4.78 is 0. The standard InChI is InChI=1S/C13H20N2O2/c1-9-7-10(2)14-13(12(9)8-16)15-5-3-11(17)4-6-15/h7,11,16-17H,3-6,8H2,1-2H3. The highest BCUT2D eigenvalue weighted by atomic mass is 16.3. The number of aliphatic hydroxyl groups excluding tert-OH is 2. The van der Waals surface area contributed by atoms with Crippen LogP contribution in [0.1, 0.15) is 29.7 Å². The van der Waals surface area contributed by atoms with Crippen LogP contribution < -0.4 is 4.90 Å². The van der Waals surface area contributed by atoms with E-state index < -0.39 is 0 Å². The van der Waals surface area contributed by atoms with Gasteiger partial charge in [-0.3, -0.25) is 0 Å². The summed E-state index contributed by atoms with van der Waals surface area (Å²) in [4.78, 5) is 6.70. The van der Waals surface area contributed by atoms with Crippen molar-refractivity contribution >= 4 is 5.82 Å². The van der Waals surface area contributed by atoms with Crippen molar-refractivity contribution in [2.45, 2.75) is 39.4 Å². The predicted octanol–water partition coefficient (Wildman–Crippen LogP) is 1.15. The van der Waals surface area contributed by atoms with Crippen LogP contribution >= 0.6 is 0 Å². The lowest BCUT2D eigenvalue weighted by molar-refractivity contribution is 0.145. The van der Waals surface area contributed by atoms with Crippen molar-refractivity contribution in [1.29, 1.82) is 0 Å². The molecule has 4 nitrogen and oxygen atoms in total. The van der Waals surface area contributed by atoms with Gasteiger partial charge in [0.05, 0.1) is 12.7 Å². The number of piperidine rings is 1. The van der Waals surface area contributed by atoms with Gasteiger partial charge < -0.3 is 15.1 Å². The van der Waals surface area contributed by atoms with Gasteiger partial charge >= 0.3 is 0 Å². The molecule has 1 aliphatic rings. The van der Waals surface area contributed by atoms with Gasteiger partial charge in [-0.2, -0.15) is 0 Å². The summed E-state index contributed by atoms with van der Waals surface area (Å²) >= 11 is 0. The van der Waals surface area contributed by atoms with Gasteiger partial charge in [0.15, 0.2) is 0 Å². The van der Waals surface area contributed by atoms with Gasteiger partial charge in [0.2, 0.25) is 0 Å². The summed E-state index contributed by atoms with van der Waals surface area (Å²) in [5.74, 6) is 0.886. The molecule has 0 atom stereocenters. The van der Waals surface area contributed by atoms with Gasteiger partial charge in [0.25, 0.3) is 0 Å². The average Bonchev–Trinajstić information content (AvgIpc) is 2.29. The Morgan fingerprint density at radius 2 is 2.00 bits per heavy atom. The van der Waals surface area contributed by atoms with Crippen LogP contribution in [0, 0.1) is 13.8 Å². The molecule has 0 bridgehead atoms. The van der Waals surface area contributed by atoms with E-state index in [9.17, 15) is 10.2 Å². The second-order valence-electron chi connectivity index (χ2n) is 4.76. The quantitative estimate of drug-likeness (QED) is 0.809. The minimum atomic E-state index is -0.185. The summed E-state index contributed by atoms with van der Waals surface area (Å²) in [7, 11) is 0. The molecule has 17 heavy (non-hydrogen) atoms. The van der Waals surface area contributed by atoms with Crippen LogP contribution in [0.25, 0.3) is 0 Å². The molecule has 1 aromatic heterocycles. The van der Waals surface area contributed by atoms with Crippen molar-refractivity contribution in [2.75, 3.05) is 18.0 Å². The van der Waals surface area contributed by atoms with Crippen LogP contribution in [0.3, 0.4) is 0 Å². The Kier molecular flexibility index (Phi) is 3.64. The summed E-state index contributed by atoms with van der Waals surface area (Å²) in [5, 5.41) is 19.0. The van der Waals surface area contributed by atoms with E-state index in [1.54, 1.807) is 0 Å². The number of hydrogen-bond acceptors (Lipinski definition) is 4. The molecule has 1 fully saturated rings. The zero-order valence-electron chi connectivity index (χ0n) is 10.5. The van der Waals surface area contributed by atoms with Crippen molar-refractivity contribution < 1.29 is 10.2 Å². The van der Waals surface area contributed by atoms with Crippen LogP contribution in [0.4, 0.5) is 5.82 Å². The second-order valence-corrected chi connectivity index (χ2v) is 4.76. The Bertz CT molecular complexity index is 399. The minimum Gasteiger partial charge on any atom is -0.393 e. The Labute approximate surface area is 102 Å². The van der Waals surface area contributed by atoms with Gasteiger partial charge in [0, 0.05) is 24.3 Å². The van der Waals surface area contributed by atoms with Gasteiger partial charge in [-0.05, 0) is 38.3 Å². The molecule has 0 radical (unpaired) electrons. The van der Waals surface area contributed by atoms with E-state index in [0.29, 0.717) is 0 Å². The zero-order valence-corrected chi connectivity index (χ0v) is 10.5. The smallest absolute Gasteiger partial charge is 0.134 e. The highest BCUT2D eigenvalue weighted by Crippen LogP contribution is 2.25.